The van der Waals surface area contributed by atoms with E-state index in [2.05, 4.69) is 9.97 Å². The van der Waals surface area contributed by atoms with Crippen LogP contribution in [0.25, 0.3) is 22.6 Å². The molecular weight excluding hydrogens is 432 g/mol. The summed E-state index contributed by atoms with van der Waals surface area (Å²) < 4.78 is 78.9. The van der Waals surface area contributed by atoms with Crippen molar-refractivity contribution in [1.29, 1.82) is 0 Å². The quantitative estimate of drug-likeness (QED) is 0.343. The van der Waals surface area contributed by atoms with Gasteiger partial charge in [-0.1, -0.05) is 6.92 Å². The number of pyridine rings is 1. The molecule has 0 fully saturated rings. The smallest absolute Gasteiger partial charge is 0.312 e. The van der Waals surface area contributed by atoms with Crippen molar-refractivity contribution < 1.29 is 26.3 Å². The molecule has 0 N–H and O–H groups in total. The number of hydrogen-bond donors (Lipinski definition) is 0. The average molecular weight is 443 g/mol. The Morgan fingerprint density at radius 3 is 2.44 bits per heavy atom. The number of nitrogens with zero attached hydrogens (tertiary/aromatic N) is 3. The summed E-state index contributed by atoms with van der Waals surface area (Å²) in [6.45, 7) is 1.82. The Kier molecular flexibility index (Phi) is 5.43. The second kappa shape index (κ2) is 7.21. The van der Waals surface area contributed by atoms with Crippen LogP contribution in [0.1, 0.15) is 11.8 Å². The topological polar surface area (TPSA) is 30.7 Å². The number of fused-ring (bicyclic) bond motifs is 1. The van der Waals surface area contributed by atoms with Crippen molar-refractivity contribution in [3.8, 4) is 11.4 Å². The highest BCUT2D eigenvalue weighted by Gasteiger charge is 2.35. The number of thiophene rings is 1. The Hall–Kier alpha value is -1.40. The number of alkyl halides is 6. The minimum Gasteiger partial charge on any atom is -0.312 e. The highest BCUT2D eigenvalue weighted by molar-refractivity contribution is 8.01. The van der Waals surface area contributed by atoms with E-state index < -0.39 is 16.6 Å². The van der Waals surface area contributed by atoms with Crippen molar-refractivity contribution in [3.05, 3.63) is 23.2 Å². The van der Waals surface area contributed by atoms with Crippen molar-refractivity contribution in [2.75, 3.05) is 5.75 Å². The lowest BCUT2D eigenvalue weighted by molar-refractivity contribution is -0.134. The summed E-state index contributed by atoms with van der Waals surface area (Å²) in [5.74, 6) is 0.800. The normalized spacial score (nSPS) is 12.9. The molecule has 0 bridgehead atoms. The van der Waals surface area contributed by atoms with Crippen LogP contribution in [0.3, 0.4) is 0 Å². The molecule has 0 amide bonds. The van der Waals surface area contributed by atoms with E-state index in [1.807, 2.05) is 6.92 Å². The molecule has 0 saturated heterocycles. The second-order valence-corrected chi connectivity index (χ2v) is 9.02. The lowest BCUT2D eigenvalue weighted by atomic mass is 10.3. The monoisotopic (exact) mass is 443 g/mol. The van der Waals surface area contributed by atoms with Gasteiger partial charge in [-0.3, -0.25) is 0 Å². The van der Waals surface area contributed by atoms with Gasteiger partial charge in [0.05, 0.1) is 4.21 Å². The summed E-state index contributed by atoms with van der Waals surface area (Å²) in [5, 5.41) is 0. The van der Waals surface area contributed by atoms with E-state index in [1.165, 1.54) is 22.4 Å². The van der Waals surface area contributed by atoms with Crippen molar-refractivity contribution in [3.63, 3.8) is 0 Å². The predicted molar refractivity (Wildman–Crippen MR) is 95.1 cm³/mol. The fourth-order valence-electron chi connectivity index (χ4n) is 2.40. The molecular formula is C15H11F6N3S3. The molecule has 0 radical (unpaired) electrons. The zero-order valence-electron chi connectivity index (χ0n) is 13.8. The molecule has 0 unspecified atom stereocenters. The molecule has 3 rings (SSSR count). The Labute approximate surface area is 162 Å². The highest BCUT2D eigenvalue weighted by atomic mass is 32.2. The Morgan fingerprint density at radius 1 is 1.15 bits per heavy atom. The van der Waals surface area contributed by atoms with Crippen molar-refractivity contribution >= 4 is 46.0 Å². The maximum atomic E-state index is 13.1. The third-order valence-corrected chi connectivity index (χ3v) is 6.45. The van der Waals surface area contributed by atoms with E-state index in [1.54, 1.807) is 7.05 Å². The summed E-state index contributed by atoms with van der Waals surface area (Å²) in [7, 11) is 1.57. The van der Waals surface area contributed by atoms with Gasteiger partial charge in [-0.25, -0.2) is 9.97 Å². The van der Waals surface area contributed by atoms with Crippen molar-refractivity contribution in [2.24, 2.45) is 7.05 Å². The van der Waals surface area contributed by atoms with E-state index in [9.17, 15) is 26.3 Å². The van der Waals surface area contributed by atoms with Crippen LogP contribution in [-0.4, -0.2) is 25.8 Å². The summed E-state index contributed by atoms with van der Waals surface area (Å²) in [6.07, 6.45) is -3.41. The summed E-state index contributed by atoms with van der Waals surface area (Å²) >= 11 is 1.56. The number of aromatic nitrogens is 3. The molecule has 3 aromatic heterocycles. The SMILES string of the molecule is CCSc1sc(C(F)(F)F)cc1-c1nc2cc(SC(F)(F)F)cnc2n1C. The maximum absolute atomic E-state index is 13.1. The van der Waals surface area contributed by atoms with Crippen LogP contribution in [0.4, 0.5) is 26.3 Å². The molecule has 0 saturated carbocycles. The van der Waals surface area contributed by atoms with E-state index in [4.69, 9.17) is 0 Å². The van der Waals surface area contributed by atoms with Crippen LogP contribution in [0, 0.1) is 0 Å². The van der Waals surface area contributed by atoms with Gasteiger partial charge in [0.2, 0.25) is 0 Å². The van der Waals surface area contributed by atoms with Gasteiger partial charge in [0.25, 0.3) is 0 Å². The van der Waals surface area contributed by atoms with E-state index in [0.717, 1.165) is 12.3 Å². The average Bonchev–Trinajstić information content (AvgIpc) is 3.07. The standard InChI is InChI=1S/C15H11F6N3S3/c1-3-25-13-8(5-10(26-13)14(16,17)18)11-23-9-4-7(27-15(19,20)21)6-22-12(9)24(11)2/h4-6H,3H2,1-2H3. The number of thioether (sulfide) groups is 2. The lowest BCUT2D eigenvalue weighted by Crippen LogP contribution is -2.01. The molecule has 27 heavy (non-hydrogen) atoms. The number of halogens is 6. The molecule has 0 aliphatic carbocycles. The van der Waals surface area contributed by atoms with Crippen LogP contribution in [0.15, 0.2) is 27.4 Å². The highest BCUT2D eigenvalue weighted by Crippen LogP contribution is 2.45. The van der Waals surface area contributed by atoms with Crippen LogP contribution >= 0.6 is 34.9 Å². The van der Waals surface area contributed by atoms with Gasteiger partial charge in [0.1, 0.15) is 16.2 Å². The third-order valence-electron chi connectivity index (χ3n) is 3.41. The molecule has 146 valence electrons. The Bertz CT molecular complexity index is 974. The predicted octanol–water partition coefficient (Wildman–Crippen LogP) is 6.44. The van der Waals surface area contributed by atoms with Crippen molar-refractivity contribution in [2.45, 2.75) is 27.7 Å². The molecule has 0 aliphatic heterocycles. The number of imidazole rings is 1. The summed E-state index contributed by atoms with van der Waals surface area (Å²) in [5.41, 5.74) is -3.69. The van der Waals surface area contributed by atoms with Gasteiger partial charge in [0, 0.05) is 23.7 Å². The van der Waals surface area contributed by atoms with Gasteiger partial charge < -0.3 is 4.57 Å². The minimum atomic E-state index is -4.48. The first-order valence-electron chi connectivity index (χ1n) is 7.42. The number of aryl methyl sites for hydroxylation is 1. The maximum Gasteiger partial charge on any atom is 0.446 e. The zero-order valence-corrected chi connectivity index (χ0v) is 16.2. The third kappa shape index (κ3) is 4.37. The van der Waals surface area contributed by atoms with E-state index in [-0.39, 0.29) is 28.0 Å². The van der Waals surface area contributed by atoms with Gasteiger partial charge >= 0.3 is 11.7 Å². The summed E-state index contributed by atoms with van der Waals surface area (Å²) in [6, 6.07) is 2.25. The molecule has 12 heteroatoms. The number of hydrogen-bond acceptors (Lipinski definition) is 5. The number of rotatable bonds is 4. The largest absolute Gasteiger partial charge is 0.446 e. The van der Waals surface area contributed by atoms with Gasteiger partial charge in [0.15, 0.2) is 5.65 Å². The Balaban J connectivity index is 2.11. The van der Waals surface area contributed by atoms with Crippen molar-refractivity contribution in [1.82, 2.24) is 14.5 Å². The first-order valence-corrected chi connectivity index (χ1v) is 10.0. The van der Waals surface area contributed by atoms with Gasteiger partial charge in [-0.15, -0.1) is 23.1 Å². The fourth-order valence-corrected chi connectivity index (χ4v) is 5.12. The van der Waals surface area contributed by atoms with E-state index >= 15 is 0 Å². The lowest BCUT2D eigenvalue weighted by Gasteiger charge is -2.04. The van der Waals surface area contributed by atoms with Gasteiger partial charge in [-0.2, -0.15) is 26.3 Å². The molecule has 0 atom stereocenters. The Morgan fingerprint density at radius 2 is 1.85 bits per heavy atom. The van der Waals surface area contributed by atoms with Crippen LogP contribution < -0.4 is 0 Å². The first kappa shape index (κ1) is 20.3. The van der Waals surface area contributed by atoms with Gasteiger partial charge in [-0.05, 0) is 29.6 Å². The van der Waals surface area contributed by atoms with Crippen LogP contribution in [0.2, 0.25) is 0 Å². The summed E-state index contributed by atoms with van der Waals surface area (Å²) in [4.78, 5) is 7.37. The molecule has 0 aromatic carbocycles. The molecule has 3 nitrogen and oxygen atoms in total. The van der Waals surface area contributed by atoms with Crippen LogP contribution in [0.5, 0.6) is 0 Å². The first-order chi connectivity index (χ1) is 12.5. The van der Waals surface area contributed by atoms with Crippen LogP contribution in [-0.2, 0) is 13.2 Å². The minimum absolute atomic E-state index is 0.135. The second-order valence-electron chi connectivity index (χ2n) is 5.30. The zero-order chi connectivity index (χ0) is 20.0. The molecule has 3 aromatic rings. The fraction of sp³-hybridized carbons (Fsp3) is 0.333. The molecule has 0 spiro atoms. The van der Waals surface area contributed by atoms with E-state index in [0.29, 0.717) is 32.5 Å². The molecule has 3 heterocycles. The molecule has 0 aliphatic rings.